The van der Waals surface area contributed by atoms with E-state index in [0.717, 1.165) is 93.5 Å². The molecule has 0 aromatic carbocycles. The van der Waals surface area contributed by atoms with Gasteiger partial charge in [0.15, 0.2) is 0 Å². The maximum atomic E-state index is 13.4. The molecule has 0 saturated heterocycles. The molecule has 45 heavy (non-hydrogen) atoms. The number of hydrazine groups is 1. The highest BCUT2D eigenvalue weighted by Crippen LogP contribution is 2.67. The number of hydrogen-bond donors (Lipinski definition) is 3. The zero-order valence-corrected chi connectivity index (χ0v) is 29.9. The molecule has 7 nitrogen and oxygen atoms in total. The van der Waals surface area contributed by atoms with Crippen molar-refractivity contribution < 1.29 is 9.53 Å². The molecule has 0 radical (unpaired) electrons. The predicted molar refractivity (Wildman–Crippen MR) is 187 cm³/mol. The Morgan fingerprint density at radius 2 is 1.58 bits per heavy atom. The van der Waals surface area contributed by atoms with Crippen LogP contribution >= 0.6 is 0 Å². The van der Waals surface area contributed by atoms with Crippen molar-refractivity contribution in [1.29, 1.82) is 0 Å². The van der Waals surface area contributed by atoms with Gasteiger partial charge in [0.1, 0.15) is 6.10 Å². The molecule has 4 aliphatic rings. The highest BCUT2D eigenvalue weighted by Gasteiger charge is 2.59. The zero-order valence-electron chi connectivity index (χ0n) is 29.9. The smallest absolute Gasteiger partial charge is 0.410 e. The summed E-state index contributed by atoms with van der Waals surface area (Å²) in [5, 5.41) is 1.84. The van der Waals surface area contributed by atoms with Crippen molar-refractivity contribution in [3.63, 3.8) is 0 Å². The van der Waals surface area contributed by atoms with E-state index in [2.05, 4.69) is 40.7 Å². The zero-order chi connectivity index (χ0) is 32.6. The second kappa shape index (κ2) is 16.8. The minimum Gasteiger partial charge on any atom is -0.446 e. The Labute approximate surface area is 276 Å². The molecule has 0 aromatic heterocycles. The molecule has 0 aromatic rings. The molecule has 6 N–H and O–H groups in total. The summed E-state index contributed by atoms with van der Waals surface area (Å²) < 4.78 is 6.24. The van der Waals surface area contributed by atoms with Gasteiger partial charge in [-0.25, -0.2) is 9.80 Å². The van der Waals surface area contributed by atoms with E-state index in [1.807, 2.05) is 9.91 Å². The fraction of sp³-hybridized carbons (Fsp3) is 0.921. The van der Waals surface area contributed by atoms with Crippen LogP contribution in [-0.2, 0) is 4.74 Å². The number of amides is 1. The van der Waals surface area contributed by atoms with Crippen molar-refractivity contribution in [2.45, 2.75) is 137 Å². The lowest BCUT2D eigenvalue weighted by Gasteiger charge is -2.58. The van der Waals surface area contributed by atoms with Gasteiger partial charge in [0.05, 0.1) is 0 Å². The number of ether oxygens (including phenoxy) is 1. The summed E-state index contributed by atoms with van der Waals surface area (Å²) in [5.74, 6) is 11.1. The van der Waals surface area contributed by atoms with Crippen molar-refractivity contribution in [1.82, 2.24) is 9.91 Å². The number of nitrogens with zero attached hydrogens (tertiary/aromatic N) is 2. The number of rotatable bonds is 17. The van der Waals surface area contributed by atoms with Gasteiger partial charge >= 0.3 is 6.09 Å². The minimum atomic E-state index is -0.160. The van der Waals surface area contributed by atoms with E-state index in [9.17, 15) is 4.79 Å². The topological polar surface area (TPSA) is 111 Å². The number of carbonyl (C=O) groups excluding carboxylic acids is 1. The summed E-state index contributed by atoms with van der Waals surface area (Å²) >= 11 is 0. The van der Waals surface area contributed by atoms with Gasteiger partial charge in [-0.2, -0.15) is 0 Å². The fourth-order valence-corrected chi connectivity index (χ4v) is 10.6. The Morgan fingerprint density at radius 1 is 0.889 bits per heavy atom. The molecule has 7 heteroatoms. The van der Waals surface area contributed by atoms with Crippen LogP contribution in [0.4, 0.5) is 4.79 Å². The summed E-state index contributed by atoms with van der Waals surface area (Å²) in [6, 6.07) is 0. The quantitative estimate of drug-likeness (QED) is 0.0666. The van der Waals surface area contributed by atoms with Gasteiger partial charge in [-0.15, -0.1) is 0 Å². The Kier molecular flexibility index (Phi) is 13.7. The van der Waals surface area contributed by atoms with Crippen LogP contribution in [0.25, 0.3) is 0 Å². The van der Waals surface area contributed by atoms with Crippen LogP contribution in [0, 0.1) is 46.3 Å². The van der Waals surface area contributed by atoms with Crippen LogP contribution in [0.2, 0.25) is 0 Å². The normalized spacial score (nSPS) is 33.4. The standard InChI is InChI=1S/C38H71N5O2/c1-28(2)11-8-12-29(3)33-15-16-34-32-14-13-30-27-31(17-19-37(30,4)35(32)18-20-38(33,34)5)45-36(44)42(24-9-21-39)23-6-7-25-43(41)26-10-22-40/h13,28-29,31-35H,6-12,14-27,39-41H2,1-5H3. The summed E-state index contributed by atoms with van der Waals surface area (Å²) in [6.45, 7) is 16.8. The van der Waals surface area contributed by atoms with Crippen molar-refractivity contribution in [3.05, 3.63) is 11.6 Å². The second-order valence-corrected chi connectivity index (χ2v) is 16.6. The van der Waals surface area contributed by atoms with E-state index in [4.69, 9.17) is 22.0 Å². The van der Waals surface area contributed by atoms with E-state index in [1.54, 1.807) is 5.57 Å². The van der Waals surface area contributed by atoms with Crippen molar-refractivity contribution >= 4 is 6.09 Å². The van der Waals surface area contributed by atoms with Crippen LogP contribution in [0.15, 0.2) is 11.6 Å². The van der Waals surface area contributed by atoms with Gasteiger partial charge in [-0.05, 0) is 130 Å². The third kappa shape index (κ3) is 8.86. The number of hydrogen-bond acceptors (Lipinski definition) is 6. The van der Waals surface area contributed by atoms with Crippen LogP contribution in [0.5, 0.6) is 0 Å². The summed E-state index contributed by atoms with van der Waals surface area (Å²) in [6.07, 6.45) is 20.1. The SMILES string of the molecule is CC(C)CCCC(C)C1CCC2C3CC=C4CC(OC(=O)N(CCCN)CCCCN(N)CCCN)CCC4(C)C3CCC12C. The molecule has 260 valence electrons. The lowest BCUT2D eigenvalue weighted by Crippen LogP contribution is -2.51. The first-order chi connectivity index (χ1) is 21.5. The molecule has 0 spiro atoms. The maximum absolute atomic E-state index is 13.4. The van der Waals surface area contributed by atoms with E-state index < -0.39 is 0 Å². The highest BCUT2D eigenvalue weighted by atomic mass is 16.6. The van der Waals surface area contributed by atoms with Gasteiger partial charge in [-0.1, -0.05) is 65.5 Å². The molecule has 3 fully saturated rings. The average molecular weight is 630 g/mol. The third-order valence-corrected chi connectivity index (χ3v) is 13.2. The minimum absolute atomic E-state index is 0.0130. The molecule has 3 saturated carbocycles. The molecule has 1 amide bonds. The Morgan fingerprint density at radius 3 is 2.31 bits per heavy atom. The van der Waals surface area contributed by atoms with Crippen LogP contribution in [0.3, 0.4) is 0 Å². The van der Waals surface area contributed by atoms with Gasteiger partial charge in [0.2, 0.25) is 0 Å². The monoisotopic (exact) mass is 630 g/mol. The second-order valence-electron chi connectivity index (χ2n) is 16.6. The first-order valence-electron chi connectivity index (χ1n) is 19.1. The first kappa shape index (κ1) is 36.7. The molecular formula is C38H71N5O2. The van der Waals surface area contributed by atoms with Crippen molar-refractivity contribution in [2.75, 3.05) is 39.3 Å². The lowest BCUT2D eigenvalue weighted by molar-refractivity contribution is -0.0593. The van der Waals surface area contributed by atoms with E-state index in [-0.39, 0.29) is 17.6 Å². The van der Waals surface area contributed by atoms with E-state index in [0.29, 0.717) is 31.6 Å². The Hall–Kier alpha value is -1.15. The molecular weight excluding hydrogens is 558 g/mol. The van der Waals surface area contributed by atoms with E-state index >= 15 is 0 Å². The number of unbranched alkanes of at least 4 members (excludes halogenated alkanes) is 1. The molecule has 0 heterocycles. The van der Waals surface area contributed by atoms with Crippen LogP contribution < -0.4 is 17.3 Å². The molecule has 4 rings (SSSR count). The number of fused-ring (bicyclic) bond motifs is 5. The fourth-order valence-electron chi connectivity index (χ4n) is 10.6. The van der Waals surface area contributed by atoms with Crippen molar-refractivity contribution in [3.8, 4) is 0 Å². The third-order valence-electron chi connectivity index (χ3n) is 13.2. The molecule has 8 atom stereocenters. The molecule has 4 aliphatic carbocycles. The number of nitrogens with two attached hydrogens (primary N) is 3. The van der Waals surface area contributed by atoms with Gasteiger partial charge in [-0.3, -0.25) is 5.84 Å². The Balaban J connectivity index is 1.32. The molecule has 0 aliphatic heterocycles. The van der Waals surface area contributed by atoms with Gasteiger partial charge in [0, 0.05) is 32.6 Å². The average Bonchev–Trinajstić information content (AvgIpc) is 3.36. The number of allylic oxidation sites excluding steroid dienone is 1. The van der Waals surface area contributed by atoms with E-state index in [1.165, 1.54) is 51.4 Å². The largest absolute Gasteiger partial charge is 0.446 e. The Bertz CT molecular complexity index is 956. The summed E-state index contributed by atoms with van der Waals surface area (Å²) in [7, 11) is 0. The summed E-state index contributed by atoms with van der Waals surface area (Å²) in [4.78, 5) is 15.3. The van der Waals surface area contributed by atoms with Gasteiger partial charge in [0.25, 0.3) is 0 Å². The van der Waals surface area contributed by atoms with Crippen LogP contribution in [-0.4, -0.2) is 61.4 Å². The summed E-state index contributed by atoms with van der Waals surface area (Å²) in [5.41, 5.74) is 13.8. The van der Waals surface area contributed by atoms with Crippen LogP contribution in [0.1, 0.15) is 131 Å². The van der Waals surface area contributed by atoms with Gasteiger partial charge < -0.3 is 21.1 Å². The molecule has 8 unspecified atom stereocenters. The lowest BCUT2D eigenvalue weighted by atomic mass is 9.47. The van der Waals surface area contributed by atoms with Crippen molar-refractivity contribution in [2.24, 2.45) is 63.6 Å². The number of carbonyl (C=O) groups is 1. The molecule has 0 bridgehead atoms. The maximum Gasteiger partial charge on any atom is 0.410 e. The predicted octanol–water partition coefficient (Wildman–Crippen LogP) is 7.49. The highest BCUT2D eigenvalue weighted by molar-refractivity contribution is 5.67. The first-order valence-corrected chi connectivity index (χ1v) is 19.1.